The smallest absolute Gasteiger partial charge is 0.330 e. The molecule has 5 aliphatic rings. The number of likely N-dealkylation sites (N-methyl/N-ethyl adjacent to an activating group) is 1. The number of hydrogen-bond donors (Lipinski definition) is 6. The van der Waals surface area contributed by atoms with E-state index in [9.17, 15) is 35.4 Å². The number of carbonyl (C=O) groups excluding carboxylic acids is 1. The maximum absolute atomic E-state index is 13.9. The lowest BCUT2D eigenvalue weighted by molar-refractivity contribution is -0.360. The Balaban J connectivity index is 1.48. The van der Waals surface area contributed by atoms with Crippen LogP contribution >= 0.6 is 0 Å². The lowest BCUT2D eigenvalue weighted by Gasteiger charge is -2.53. The fourth-order valence-corrected chi connectivity index (χ4v) is 11.3. The summed E-state index contributed by atoms with van der Waals surface area (Å²) in [5, 5.41) is 69.8. The van der Waals surface area contributed by atoms with E-state index in [4.69, 9.17) is 33.2 Å². The molecule has 1 spiro atoms. The Morgan fingerprint density at radius 3 is 2.24 bits per heavy atom. The van der Waals surface area contributed by atoms with E-state index in [1.54, 1.807) is 7.11 Å². The first-order valence-corrected chi connectivity index (χ1v) is 25.1. The minimum absolute atomic E-state index is 0.133. The van der Waals surface area contributed by atoms with Crippen molar-refractivity contribution in [3.05, 3.63) is 24.3 Å². The number of hydrogen-bond acceptors (Lipinski definition) is 15. The fraction of sp³-hybridized carbons (Fsp3) is 0.902. The molecule has 382 valence electrons. The second kappa shape index (κ2) is 22.7. The summed E-state index contributed by atoms with van der Waals surface area (Å²) in [4.78, 5) is 16.0. The maximum Gasteiger partial charge on any atom is 0.330 e. The number of methoxy groups -OCH3 is 1. The molecule has 66 heavy (non-hydrogen) atoms. The summed E-state index contributed by atoms with van der Waals surface area (Å²) in [5.41, 5.74) is -4.28. The molecule has 15 nitrogen and oxygen atoms in total. The molecule has 0 aromatic heterocycles. The Morgan fingerprint density at radius 2 is 1.59 bits per heavy atom. The van der Waals surface area contributed by atoms with E-state index < -0.39 is 89.3 Å². The topological polar surface area (TPSA) is 206 Å². The van der Waals surface area contributed by atoms with Crippen molar-refractivity contribution in [2.45, 2.75) is 248 Å². The van der Waals surface area contributed by atoms with Crippen LogP contribution in [0.3, 0.4) is 0 Å². The molecule has 2 bridgehead atoms. The van der Waals surface area contributed by atoms with Gasteiger partial charge in [-0.05, 0) is 118 Å². The summed E-state index contributed by atoms with van der Waals surface area (Å²) in [6.07, 6.45) is 5.13. The highest BCUT2D eigenvalue weighted by Gasteiger charge is 2.58. The number of esters is 1. The Hall–Kier alpha value is -1.57. The zero-order valence-corrected chi connectivity index (χ0v) is 42.3. The minimum Gasteiger partial charge on any atom is -0.459 e. The molecule has 5 rings (SSSR count). The van der Waals surface area contributed by atoms with Gasteiger partial charge in [-0.3, -0.25) is 0 Å². The monoisotopic (exact) mass is 940 g/mol. The molecule has 0 amide bonds. The highest BCUT2D eigenvalue weighted by atomic mass is 16.7. The first-order valence-electron chi connectivity index (χ1n) is 25.1. The summed E-state index contributed by atoms with van der Waals surface area (Å²) in [6, 6.07) is 0.133. The van der Waals surface area contributed by atoms with Gasteiger partial charge >= 0.3 is 5.97 Å². The standard InChI is InChI=1S/C51H89NO14/c1-13-36(53)27-38-31(2)22-26-50(64-38)29-39-32(3)40(65-50)30-51(60-12)35(28-47(6,7)66-51)19-17-15-14-16-18-24-48(8,58)46(57)44(63-42-21-20-37(52(10)11)34(5)61-42)43(55)33(4)45(56)49(9,59)25-23-41(54)62-39/h17,19,23,25,31-40,42-46,53,55-59H,13-16,18,20-22,24,26-30H2,1-12H3/b19-17-,25-23+/t31?,32?,33?,34-,35?,36?,37-,38?,39?,40?,42-,43?,44?,45?,46?,48?,49?,50?,51?/m1/s1. The van der Waals surface area contributed by atoms with E-state index in [-0.39, 0.29) is 48.8 Å². The predicted molar refractivity (Wildman–Crippen MR) is 249 cm³/mol. The van der Waals surface area contributed by atoms with Crippen molar-refractivity contribution >= 4 is 5.97 Å². The first-order chi connectivity index (χ1) is 30.8. The van der Waals surface area contributed by atoms with Gasteiger partial charge in [-0.15, -0.1) is 0 Å². The highest BCUT2D eigenvalue weighted by molar-refractivity contribution is 5.82. The molecule has 16 unspecified atom stereocenters. The second-order valence-corrected chi connectivity index (χ2v) is 22.1. The van der Waals surface area contributed by atoms with E-state index in [0.717, 1.165) is 44.3 Å². The molecule has 0 aromatic carbocycles. The lowest BCUT2D eigenvalue weighted by atomic mass is 9.79. The van der Waals surface area contributed by atoms with Crippen LogP contribution in [-0.4, -0.2) is 158 Å². The molecule has 0 aliphatic carbocycles. The number of carbonyl (C=O) groups is 1. The highest BCUT2D eigenvalue weighted by Crippen LogP contribution is 2.51. The van der Waals surface area contributed by atoms with Gasteiger partial charge in [0, 0.05) is 56.2 Å². The number of aliphatic hydroxyl groups excluding tert-OH is 4. The van der Waals surface area contributed by atoms with E-state index in [1.807, 2.05) is 34.9 Å². The molecule has 19 atom stereocenters. The van der Waals surface area contributed by atoms with E-state index in [2.05, 4.69) is 37.8 Å². The summed E-state index contributed by atoms with van der Waals surface area (Å²) in [5.74, 6) is -4.40. The van der Waals surface area contributed by atoms with Gasteiger partial charge in [0.2, 0.25) is 0 Å². The van der Waals surface area contributed by atoms with Crippen molar-refractivity contribution in [2.75, 3.05) is 21.2 Å². The number of rotatable bonds is 7. The van der Waals surface area contributed by atoms with Crippen molar-refractivity contribution in [1.82, 2.24) is 4.90 Å². The predicted octanol–water partition coefficient (Wildman–Crippen LogP) is 5.68. The number of allylic oxidation sites excluding steroid dienone is 1. The zero-order valence-electron chi connectivity index (χ0n) is 42.3. The Bertz CT molecular complexity index is 1600. The molecule has 15 heteroatoms. The molecule has 5 heterocycles. The lowest BCUT2D eigenvalue weighted by Crippen LogP contribution is -2.59. The summed E-state index contributed by atoms with van der Waals surface area (Å²) < 4.78 is 46.0. The molecular formula is C51H89NO14. The minimum atomic E-state index is -2.07. The second-order valence-electron chi connectivity index (χ2n) is 22.1. The van der Waals surface area contributed by atoms with Crippen LogP contribution in [0.4, 0.5) is 0 Å². The van der Waals surface area contributed by atoms with Gasteiger partial charge in [-0.2, -0.15) is 0 Å². The van der Waals surface area contributed by atoms with Crippen molar-refractivity contribution in [1.29, 1.82) is 0 Å². The van der Waals surface area contributed by atoms with Gasteiger partial charge in [0.1, 0.15) is 23.9 Å². The van der Waals surface area contributed by atoms with Gasteiger partial charge in [0.15, 0.2) is 17.9 Å². The molecule has 0 saturated carbocycles. The van der Waals surface area contributed by atoms with Crippen molar-refractivity contribution in [2.24, 2.45) is 23.7 Å². The molecule has 4 fully saturated rings. The van der Waals surface area contributed by atoms with Gasteiger partial charge < -0.3 is 68.7 Å². The Morgan fingerprint density at radius 1 is 0.879 bits per heavy atom. The molecule has 4 saturated heterocycles. The van der Waals surface area contributed by atoms with Crippen LogP contribution in [0.1, 0.15) is 152 Å². The molecule has 6 N–H and O–H groups in total. The fourth-order valence-electron chi connectivity index (χ4n) is 11.3. The number of aliphatic hydroxyl groups is 6. The van der Waals surface area contributed by atoms with Crippen molar-refractivity contribution in [3.8, 4) is 0 Å². The normalized spacial score (nSPS) is 47.3. The third-order valence-electron chi connectivity index (χ3n) is 15.8. The van der Waals surface area contributed by atoms with E-state index >= 15 is 0 Å². The van der Waals surface area contributed by atoms with Gasteiger partial charge in [-0.1, -0.05) is 52.7 Å². The zero-order chi connectivity index (χ0) is 49.0. The van der Waals surface area contributed by atoms with Crippen molar-refractivity contribution < 1.29 is 68.6 Å². The van der Waals surface area contributed by atoms with Crippen LogP contribution in [0.2, 0.25) is 0 Å². The van der Waals surface area contributed by atoms with E-state index in [1.165, 1.54) is 20.8 Å². The first kappa shape index (κ1) is 55.4. The SMILES string of the molecule is CCC(O)CC1OC2(CCC1C)CC1OC(=O)/C=C/C(C)(O)C(O)C(C)C(O)C(O[C@@H]3CC[C@@H](N(C)C)[C@@H](C)O3)C(O)C(C)(O)CCCCC/C=C\C3CC(C)(C)OC3(OC)CC(O2)C1C. The van der Waals surface area contributed by atoms with Crippen LogP contribution in [0, 0.1) is 23.7 Å². The third-order valence-corrected chi connectivity index (χ3v) is 15.8. The van der Waals surface area contributed by atoms with Crippen molar-refractivity contribution in [3.63, 3.8) is 0 Å². The average molecular weight is 940 g/mol. The maximum atomic E-state index is 13.9. The molecule has 0 radical (unpaired) electrons. The van der Waals surface area contributed by atoms with Gasteiger partial charge in [0.05, 0.1) is 47.8 Å². The quantitative estimate of drug-likeness (QED) is 0.134. The Labute approximate surface area is 395 Å². The van der Waals surface area contributed by atoms with Crippen LogP contribution in [0.15, 0.2) is 24.3 Å². The molecular weight excluding hydrogens is 851 g/mol. The summed E-state index contributed by atoms with van der Waals surface area (Å²) in [7, 11) is 5.61. The Kier molecular flexibility index (Phi) is 19.0. The summed E-state index contributed by atoms with van der Waals surface area (Å²) in [6.45, 7) is 16.4. The number of fused-ring (bicyclic) bond motifs is 3. The van der Waals surface area contributed by atoms with Crippen LogP contribution < -0.4 is 0 Å². The molecule has 0 aromatic rings. The molecule has 5 aliphatic heterocycles. The summed E-state index contributed by atoms with van der Waals surface area (Å²) >= 11 is 0. The van der Waals surface area contributed by atoms with E-state index in [0.29, 0.717) is 44.9 Å². The number of nitrogens with zero attached hydrogens (tertiary/aromatic N) is 1. The average Bonchev–Trinajstić information content (AvgIpc) is 3.51. The van der Waals surface area contributed by atoms with Crippen LogP contribution in [0.5, 0.6) is 0 Å². The largest absolute Gasteiger partial charge is 0.459 e. The van der Waals surface area contributed by atoms with Gasteiger partial charge in [-0.25, -0.2) is 4.79 Å². The van der Waals surface area contributed by atoms with Gasteiger partial charge in [0.25, 0.3) is 0 Å². The third kappa shape index (κ3) is 13.4. The number of ether oxygens (including phenoxy) is 7. The van der Waals surface area contributed by atoms with Crippen LogP contribution in [-0.2, 0) is 38.0 Å². The van der Waals surface area contributed by atoms with Crippen LogP contribution in [0.25, 0.3) is 0 Å².